The molecule has 0 saturated carbocycles. The van der Waals surface area contributed by atoms with Crippen molar-refractivity contribution in [1.82, 2.24) is 10.3 Å². The van der Waals surface area contributed by atoms with E-state index in [1.165, 1.54) is 31.2 Å². The van der Waals surface area contributed by atoms with Gasteiger partial charge in [-0.3, -0.25) is 0 Å². The molecule has 0 radical (unpaired) electrons. The Morgan fingerprint density at radius 1 is 1.35 bits per heavy atom. The first-order valence-electron chi connectivity index (χ1n) is 7.63. The smallest absolute Gasteiger partial charge is 0.212 e. The highest BCUT2D eigenvalue weighted by molar-refractivity contribution is 5.18. The van der Waals surface area contributed by atoms with E-state index in [1.807, 2.05) is 18.3 Å². The van der Waals surface area contributed by atoms with Crippen LogP contribution >= 0.6 is 0 Å². The lowest BCUT2D eigenvalue weighted by Crippen LogP contribution is -2.30. The number of unbranched alkanes of at least 4 members (excludes halogenated alkanes) is 3. The average Bonchev–Trinajstić information content (AvgIpc) is 2.48. The zero-order chi connectivity index (χ0) is 14.6. The fraction of sp³-hybridized carbons (Fsp3) is 0.588. The first-order valence-corrected chi connectivity index (χ1v) is 7.63. The number of rotatable bonds is 11. The minimum Gasteiger partial charge on any atom is -0.481 e. The quantitative estimate of drug-likeness (QED) is 0.494. The molecule has 3 heteroatoms. The maximum atomic E-state index is 5.09. The summed E-state index contributed by atoms with van der Waals surface area (Å²) in [7, 11) is 1.65. The molecule has 0 aliphatic rings. The van der Waals surface area contributed by atoms with E-state index in [9.17, 15) is 0 Å². The Morgan fingerprint density at radius 2 is 2.20 bits per heavy atom. The minimum absolute atomic E-state index is 0.541. The number of allylic oxidation sites excluding steroid dienone is 1. The Balaban J connectivity index is 2.38. The third-order valence-corrected chi connectivity index (χ3v) is 3.44. The largest absolute Gasteiger partial charge is 0.481 e. The van der Waals surface area contributed by atoms with Gasteiger partial charge < -0.3 is 10.1 Å². The maximum absolute atomic E-state index is 5.09. The number of nitrogens with one attached hydrogen (secondary N) is 1. The van der Waals surface area contributed by atoms with Crippen molar-refractivity contribution in [3.05, 3.63) is 36.5 Å². The fourth-order valence-electron chi connectivity index (χ4n) is 2.36. The molecule has 1 unspecified atom stereocenters. The molecule has 3 nitrogen and oxygen atoms in total. The molecule has 0 amide bonds. The molecule has 1 aromatic heterocycles. The van der Waals surface area contributed by atoms with Crippen molar-refractivity contribution in [3.63, 3.8) is 0 Å². The van der Waals surface area contributed by atoms with Gasteiger partial charge in [0.1, 0.15) is 0 Å². The second kappa shape index (κ2) is 10.4. The number of nitrogens with zero attached hydrogens (tertiary/aromatic N) is 1. The third kappa shape index (κ3) is 6.71. The van der Waals surface area contributed by atoms with E-state index >= 15 is 0 Å². The van der Waals surface area contributed by atoms with Crippen LogP contribution in [-0.4, -0.2) is 24.7 Å². The second-order valence-electron chi connectivity index (χ2n) is 5.09. The van der Waals surface area contributed by atoms with E-state index in [-0.39, 0.29) is 0 Å². The van der Waals surface area contributed by atoms with Crippen LogP contribution in [0.3, 0.4) is 0 Å². The van der Waals surface area contributed by atoms with Crippen molar-refractivity contribution in [1.29, 1.82) is 0 Å². The molecule has 1 N–H and O–H groups in total. The van der Waals surface area contributed by atoms with Gasteiger partial charge in [-0.15, -0.1) is 6.58 Å². The highest BCUT2D eigenvalue weighted by atomic mass is 16.5. The predicted octanol–water partition coefficient (Wildman–Crippen LogP) is 3.75. The zero-order valence-electron chi connectivity index (χ0n) is 12.9. The Bertz CT molecular complexity index is 362. The highest BCUT2D eigenvalue weighted by Gasteiger charge is 2.08. The molecule has 0 fully saturated rings. The van der Waals surface area contributed by atoms with Crippen LogP contribution < -0.4 is 10.1 Å². The Kier molecular flexibility index (Phi) is 8.72. The normalized spacial score (nSPS) is 12.1. The molecule has 0 aliphatic carbocycles. The summed E-state index contributed by atoms with van der Waals surface area (Å²) in [5.74, 6) is 0.679. The number of hydrogen-bond acceptors (Lipinski definition) is 3. The molecular weight excluding hydrogens is 248 g/mol. The fourth-order valence-corrected chi connectivity index (χ4v) is 2.36. The van der Waals surface area contributed by atoms with Gasteiger partial charge >= 0.3 is 0 Å². The van der Waals surface area contributed by atoms with Gasteiger partial charge in [-0.25, -0.2) is 4.98 Å². The van der Waals surface area contributed by atoms with Crippen LogP contribution in [0.25, 0.3) is 0 Å². The summed E-state index contributed by atoms with van der Waals surface area (Å²) >= 11 is 0. The average molecular weight is 276 g/mol. The van der Waals surface area contributed by atoms with Crippen LogP contribution in [0, 0.1) is 0 Å². The van der Waals surface area contributed by atoms with E-state index in [0.29, 0.717) is 11.9 Å². The van der Waals surface area contributed by atoms with Crippen molar-refractivity contribution in [2.45, 2.75) is 51.5 Å². The number of methoxy groups -OCH3 is 1. The molecule has 0 bridgehead atoms. The molecule has 1 rings (SSSR count). The zero-order valence-corrected chi connectivity index (χ0v) is 12.9. The monoisotopic (exact) mass is 276 g/mol. The van der Waals surface area contributed by atoms with E-state index < -0.39 is 0 Å². The molecule has 112 valence electrons. The van der Waals surface area contributed by atoms with Crippen LogP contribution in [0.1, 0.15) is 44.6 Å². The molecule has 1 heterocycles. The number of pyridine rings is 1. The van der Waals surface area contributed by atoms with Gasteiger partial charge in [-0.05, 0) is 37.8 Å². The molecular formula is C17H28N2O. The standard InChI is InChI=1S/C17H28N2O/c1-4-6-7-8-9-10-16(18-5-2)13-15-11-12-17(20-3)19-14-15/h4,11-12,14,16,18H,1,5-10,13H2,2-3H3. The molecule has 20 heavy (non-hydrogen) atoms. The first-order chi connectivity index (χ1) is 9.80. The molecule has 1 aromatic rings. The lowest BCUT2D eigenvalue weighted by Gasteiger charge is -2.17. The van der Waals surface area contributed by atoms with E-state index in [1.54, 1.807) is 7.11 Å². The van der Waals surface area contributed by atoms with Gasteiger partial charge in [0.15, 0.2) is 0 Å². The van der Waals surface area contributed by atoms with Crippen molar-refractivity contribution in [2.75, 3.05) is 13.7 Å². The number of ether oxygens (including phenoxy) is 1. The van der Waals surface area contributed by atoms with E-state index in [0.717, 1.165) is 19.4 Å². The van der Waals surface area contributed by atoms with Crippen molar-refractivity contribution in [2.24, 2.45) is 0 Å². The minimum atomic E-state index is 0.541. The molecule has 0 aromatic carbocycles. The van der Waals surface area contributed by atoms with Gasteiger partial charge in [0.2, 0.25) is 5.88 Å². The van der Waals surface area contributed by atoms with Crippen LogP contribution in [0.2, 0.25) is 0 Å². The lowest BCUT2D eigenvalue weighted by molar-refractivity contribution is 0.397. The van der Waals surface area contributed by atoms with Gasteiger partial charge in [0.05, 0.1) is 7.11 Å². The number of aromatic nitrogens is 1. The van der Waals surface area contributed by atoms with Gasteiger partial charge in [0.25, 0.3) is 0 Å². The second-order valence-corrected chi connectivity index (χ2v) is 5.09. The highest BCUT2D eigenvalue weighted by Crippen LogP contribution is 2.13. The lowest BCUT2D eigenvalue weighted by atomic mass is 10.0. The Morgan fingerprint density at radius 3 is 2.80 bits per heavy atom. The summed E-state index contributed by atoms with van der Waals surface area (Å²) in [5.41, 5.74) is 1.27. The van der Waals surface area contributed by atoms with Gasteiger partial charge in [-0.2, -0.15) is 0 Å². The SMILES string of the molecule is C=CCCCCCC(Cc1ccc(OC)nc1)NCC. The predicted molar refractivity (Wildman–Crippen MR) is 85.2 cm³/mol. The van der Waals surface area contributed by atoms with Gasteiger partial charge in [0, 0.05) is 18.3 Å². The van der Waals surface area contributed by atoms with Crippen molar-refractivity contribution >= 4 is 0 Å². The third-order valence-electron chi connectivity index (χ3n) is 3.44. The van der Waals surface area contributed by atoms with Crippen LogP contribution in [0.5, 0.6) is 5.88 Å². The number of hydrogen-bond donors (Lipinski definition) is 1. The maximum Gasteiger partial charge on any atom is 0.212 e. The topological polar surface area (TPSA) is 34.1 Å². The Labute approximate surface area is 123 Å². The van der Waals surface area contributed by atoms with Crippen LogP contribution in [0.4, 0.5) is 0 Å². The number of likely N-dealkylation sites (N-methyl/N-ethyl adjacent to an activating group) is 1. The molecule has 0 saturated heterocycles. The summed E-state index contributed by atoms with van der Waals surface area (Å²) in [6, 6.07) is 4.58. The summed E-state index contributed by atoms with van der Waals surface area (Å²) in [4.78, 5) is 4.27. The molecule has 0 aliphatic heterocycles. The molecule has 0 spiro atoms. The van der Waals surface area contributed by atoms with Gasteiger partial charge in [-0.1, -0.05) is 31.9 Å². The first kappa shape index (κ1) is 16.7. The molecule has 1 atom stereocenters. The van der Waals surface area contributed by atoms with Crippen molar-refractivity contribution in [3.8, 4) is 5.88 Å². The van der Waals surface area contributed by atoms with Crippen LogP contribution in [0.15, 0.2) is 31.0 Å². The Hall–Kier alpha value is -1.35. The van der Waals surface area contributed by atoms with Crippen LogP contribution in [-0.2, 0) is 6.42 Å². The summed E-state index contributed by atoms with van der Waals surface area (Å²) < 4.78 is 5.09. The van der Waals surface area contributed by atoms with E-state index in [4.69, 9.17) is 4.74 Å². The summed E-state index contributed by atoms with van der Waals surface area (Å²) in [6.45, 7) is 6.94. The van der Waals surface area contributed by atoms with Crippen molar-refractivity contribution < 1.29 is 4.74 Å². The van der Waals surface area contributed by atoms with E-state index in [2.05, 4.69) is 29.9 Å². The summed E-state index contributed by atoms with van der Waals surface area (Å²) in [5, 5.41) is 3.57. The summed E-state index contributed by atoms with van der Waals surface area (Å²) in [6.07, 6.45) is 11.1.